The molecule has 0 N–H and O–H groups in total. The highest BCUT2D eigenvalue weighted by Gasteiger charge is 2.11. The van der Waals surface area contributed by atoms with Gasteiger partial charge in [0, 0.05) is 6.54 Å². The van der Waals surface area contributed by atoms with Crippen molar-refractivity contribution < 1.29 is 4.74 Å². The molecular formula is C25H28N2O. The van der Waals surface area contributed by atoms with Crippen LogP contribution in [0.15, 0.2) is 66.7 Å². The molecule has 0 spiro atoms. The van der Waals surface area contributed by atoms with Crippen LogP contribution in [0.25, 0.3) is 21.8 Å². The van der Waals surface area contributed by atoms with Crippen molar-refractivity contribution in [1.29, 1.82) is 0 Å². The molecule has 0 unspecified atom stereocenters. The monoisotopic (exact) mass is 372 g/mol. The summed E-state index contributed by atoms with van der Waals surface area (Å²) in [5.41, 5.74) is 2.25. The van der Waals surface area contributed by atoms with E-state index in [-0.39, 0.29) is 0 Å². The molecule has 1 heterocycles. The highest BCUT2D eigenvalue weighted by molar-refractivity contribution is 5.83. The van der Waals surface area contributed by atoms with Crippen LogP contribution < -0.4 is 4.74 Å². The topological polar surface area (TPSA) is 27.1 Å². The number of imidazole rings is 1. The van der Waals surface area contributed by atoms with Gasteiger partial charge in [-0.1, -0.05) is 75.1 Å². The molecule has 0 fully saturated rings. The van der Waals surface area contributed by atoms with E-state index in [9.17, 15) is 0 Å². The number of rotatable bonds is 9. The number of hydrogen-bond donors (Lipinski definition) is 0. The van der Waals surface area contributed by atoms with Gasteiger partial charge in [0.2, 0.25) is 0 Å². The molecule has 4 rings (SSSR count). The van der Waals surface area contributed by atoms with Gasteiger partial charge in [0.05, 0.1) is 11.0 Å². The summed E-state index contributed by atoms with van der Waals surface area (Å²) in [7, 11) is 0. The van der Waals surface area contributed by atoms with Crippen LogP contribution in [0.5, 0.6) is 5.75 Å². The molecule has 0 aliphatic carbocycles. The lowest BCUT2D eigenvalue weighted by molar-refractivity contribution is 0.290. The van der Waals surface area contributed by atoms with Gasteiger partial charge in [-0.3, -0.25) is 0 Å². The zero-order chi connectivity index (χ0) is 19.2. The molecule has 0 saturated carbocycles. The van der Waals surface area contributed by atoms with Gasteiger partial charge in [0.15, 0.2) is 0 Å². The molecule has 0 saturated heterocycles. The third kappa shape index (κ3) is 4.19. The molecule has 3 heteroatoms. The zero-order valence-electron chi connectivity index (χ0n) is 16.6. The first-order chi connectivity index (χ1) is 13.8. The van der Waals surface area contributed by atoms with Gasteiger partial charge in [-0.2, -0.15) is 0 Å². The van der Waals surface area contributed by atoms with Gasteiger partial charge >= 0.3 is 0 Å². The molecule has 0 aliphatic rings. The Balaban J connectivity index is 1.50. The van der Waals surface area contributed by atoms with Gasteiger partial charge < -0.3 is 9.30 Å². The Morgan fingerprint density at radius 1 is 0.821 bits per heavy atom. The lowest BCUT2D eigenvalue weighted by Crippen LogP contribution is -2.07. The zero-order valence-corrected chi connectivity index (χ0v) is 16.6. The van der Waals surface area contributed by atoms with Crippen LogP contribution in [0.2, 0.25) is 0 Å². The van der Waals surface area contributed by atoms with Gasteiger partial charge in [-0.15, -0.1) is 0 Å². The Morgan fingerprint density at radius 3 is 2.50 bits per heavy atom. The predicted molar refractivity (Wildman–Crippen MR) is 117 cm³/mol. The molecule has 0 radical (unpaired) electrons. The summed E-state index contributed by atoms with van der Waals surface area (Å²) < 4.78 is 8.47. The summed E-state index contributed by atoms with van der Waals surface area (Å²) >= 11 is 0. The first kappa shape index (κ1) is 18.5. The summed E-state index contributed by atoms with van der Waals surface area (Å²) in [6.45, 7) is 3.74. The van der Waals surface area contributed by atoms with Crippen LogP contribution in [0.1, 0.15) is 44.9 Å². The maximum atomic E-state index is 6.13. The number of fused-ring (bicyclic) bond motifs is 2. The number of hydrogen-bond acceptors (Lipinski definition) is 2. The molecular weight excluding hydrogens is 344 g/mol. The summed E-state index contributed by atoms with van der Waals surface area (Å²) in [6.07, 6.45) is 6.36. The van der Waals surface area contributed by atoms with Gasteiger partial charge in [-0.05, 0) is 41.5 Å². The maximum Gasteiger partial charge on any atom is 0.147 e. The van der Waals surface area contributed by atoms with Crippen molar-refractivity contribution in [2.24, 2.45) is 0 Å². The fraction of sp³-hybridized carbons (Fsp3) is 0.320. The summed E-state index contributed by atoms with van der Waals surface area (Å²) in [6, 6.07) is 23.0. The summed E-state index contributed by atoms with van der Waals surface area (Å²) in [4.78, 5) is 4.84. The van der Waals surface area contributed by atoms with E-state index in [1.807, 2.05) is 6.07 Å². The quantitative estimate of drug-likeness (QED) is 0.304. The molecule has 0 bridgehead atoms. The minimum atomic E-state index is 0.488. The van der Waals surface area contributed by atoms with Crippen molar-refractivity contribution in [2.75, 3.05) is 0 Å². The van der Waals surface area contributed by atoms with E-state index >= 15 is 0 Å². The van der Waals surface area contributed by atoms with Crippen molar-refractivity contribution in [3.8, 4) is 5.75 Å². The Kier molecular flexibility index (Phi) is 5.91. The number of ether oxygens (including phenoxy) is 1. The number of benzene rings is 3. The molecule has 0 amide bonds. The number of aryl methyl sites for hydroxylation is 1. The number of aromatic nitrogens is 2. The van der Waals surface area contributed by atoms with Crippen LogP contribution in [0, 0.1) is 0 Å². The van der Waals surface area contributed by atoms with Gasteiger partial charge in [-0.25, -0.2) is 4.98 Å². The number of para-hydroxylation sites is 2. The predicted octanol–water partition coefficient (Wildman–Crippen LogP) is 6.74. The van der Waals surface area contributed by atoms with E-state index in [1.54, 1.807) is 0 Å². The van der Waals surface area contributed by atoms with Crippen molar-refractivity contribution >= 4 is 21.8 Å². The minimum absolute atomic E-state index is 0.488. The molecule has 144 valence electrons. The SMILES string of the molecule is CCCCCCCn1c(COc2ccc3ccccc3c2)nc2ccccc21. The van der Waals surface area contributed by atoms with E-state index in [0.29, 0.717) is 6.61 Å². The summed E-state index contributed by atoms with van der Waals surface area (Å²) in [5.74, 6) is 1.89. The first-order valence-corrected chi connectivity index (χ1v) is 10.4. The van der Waals surface area contributed by atoms with E-state index < -0.39 is 0 Å². The maximum absolute atomic E-state index is 6.13. The molecule has 0 aliphatic heterocycles. The third-order valence-corrected chi connectivity index (χ3v) is 5.31. The molecule has 0 atom stereocenters. The number of unbranched alkanes of at least 4 members (excludes halogenated alkanes) is 4. The molecule has 28 heavy (non-hydrogen) atoms. The average molecular weight is 373 g/mol. The van der Waals surface area contributed by atoms with Crippen LogP contribution >= 0.6 is 0 Å². The largest absolute Gasteiger partial charge is 0.486 e. The number of nitrogens with zero attached hydrogens (tertiary/aromatic N) is 2. The Labute approximate surface area is 167 Å². The van der Waals surface area contributed by atoms with E-state index in [1.165, 1.54) is 48.4 Å². The van der Waals surface area contributed by atoms with Crippen molar-refractivity contribution in [3.05, 3.63) is 72.6 Å². The van der Waals surface area contributed by atoms with E-state index in [0.717, 1.165) is 23.6 Å². The van der Waals surface area contributed by atoms with Crippen LogP contribution in [-0.4, -0.2) is 9.55 Å². The van der Waals surface area contributed by atoms with Crippen molar-refractivity contribution in [3.63, 3.8) is 0 Å². The van der Waals surface area contributed by atoms with Crippen molar-refractivity contribution in [1.82, 2.24) is 9.55 Å². The molecule has 1 aromatic heterocycles. The average Bonchev–Trinajstić information content (AvgIpc) is 3.09. The Morgan fingerprint density at radius 2 is 1.61 bits per heavy atom. The van der Waals surface area contributed by atoms with Gasteiger partial charge in [0.1, 0.15) is 18.2 Å². The third-order valence-electron chi connectivity index (χ3n) is 5.31. The highest BCUT2D eigenvalue weighted by Crippen LogP contribution is 2.23. The smallest absolute Gasteiger partial charge is 0.147 e. The second-order valence-corrected chi connectivity index (χ2v) is 7.38. The minimum Gasteiger partial charge on any atom is -0.486 e. The van der Waals surface area contributed by atoms with Crippen LogP contribution in [0.3, 0.4) is 0 Å². The standard InChI is InChI=1S/C25H28N2O/c1-2-3-4-5-10-17-27-24-14-9-8-13-23(24)26-25(27)19-28-22-16-15-20-11-6-7-12-21(20)18-22/h6-9,11-16,18H,2-5,10,17,19H2,1H3. The molecule has 3 nitrogen and oxygen atoms in total. The van der Waals surface area contributed by atoms with E-state index in [4.69, 9.17) is 9.72 Å². The van der Waals surface area contributed by atoms with E-state index in [2.05, 4.69) is 72.2 Å². The second kappa shape index (κ2) is 8.92. The fourth-order valence-corrected chi connectivity index (χ4v) is 3.76. The van der Waals surface area contributed by atoms with Gasteiger partial charge in [0.25, 0.3) is 0 Å². The highest BCUT2D eigenvalue weighted by atomic mass is 16.5. The fourth-order valence-electron chi connectivity index (χ4n) is 3.76. The van der Waals surface area contributed by atoms with Crippen molar-refractivity contribution in [2.45, 2.75) is 52.2 Å². The van der Waals surface area contributed by atoms with Crippen LogP contribution in [0.4, 0.5) is 0 Å². The second-order valence-electron chi connectivity index (χ2n) is 7.38. The summed E-state index contributed by atoms with van der Waals surface area (Å²) in [5, 5.41) is 2.43. The molecule has 4 aromatic rings. The lowest BCUT2D eigenvalue weighted by atomic mass is 10.1. The molecule has 3 aromatic carbocycles. The lowest BCUT2D eigenvalue weighted by Gasteiger charge is -2.11. The normalized spacial score (nSPS) is 11.3. The first-order valence-electron chi connectivity index (χ1n) is 10.4. The Bertz CT molecular complexity index is 1050. The van der Waals surface area contributed by atoms with Crippen LogP contribution in [-0.2, 0) is 13.2 Å². The Hall–Kier alpha value is -2.81.